The molecule has 1 fully saturated rings. The molecule has 1 saturated carbocycles. The van der Waals surface area contributed by atoms with E-state index in [-0.39, 0.29) is 24.5 Å². The largest absolute Gasteiger partial charge is 0.489 e. The van der Waals surface area contributed by atoms with Gasteiger partial charge in [-0.25, -0.2) is 0 Å². The van der Waals surface area contributed by atoms with E-state index in [2.05, 4.69) is 5.32 Å². The number of methoxy groups -OCH3 is 1. The number of amides is 1. The molecule has 22 heavy (non-hydrogen) atoms. The summed E-state index contributed by atoms with van der Waals surface area (Å²) in [6.45, 7) is 0.304. The van der Waals surface area contributed by atoms with Crippen molar-refractivity contribution >= 4 is 23.2 Å². The molecular formula is C16H23ClN2O3. The van der Waals surface area contributed by atoms with Gasteiger partial charge in [0.2, 0.25) is 5.91 Å². The first kappa shape index (κ1) is 17.1. The Morgan fingerprint density at radius 2 is 2.18 bits per heavy atom. The van der Waals surface area contributed by atoms with Gasteiger partial charge in [-0.05, 0) is 43.9 Å². The normalized spacial score (nSPS) is 16.5. The van der Waals surface area contributed by atoms with Crippen LogP contribution in [0.5, 0.6) is 5.75 Å². The van der Waals surface area contributed by atoms with Crippen LogP contribution in [0.2, 0.25) is 5.02 Å². The van der Waals surface area contributed by atoms with Crippen LogP contribution in [-0.4, -0.2) is 31.8 Å². The standard InChI is InChI=1S/C16H23ClN2O3/c1-21-13(10-18)9-16(20)19-11-6-7-15(14(17)8-11)22-12-4-2-3-5-12/h6-8,12-13H,2-5,9-10,18H2,1H3,(H,19,20). The van der Waals surface area contributed by atoms with Gasteiger partial charge in [-0.1, -0.05) is 11.6 Å². The van der Waals surface area contributed by atoms with Gasteiger partial charge in [-0.15, -0.1) is 0 Å². The summed E-state index contributed by atoms with van der Waals surface area (Å²) in [5.74, 6) is 0.515. The molecule has 0 spiro atoms. The van der Waals surface area contributed by atoms with Crippen LogP contribution in [0, 0.1) is 0 Å². The third-order valence-corrected chi connectivity index (χ3v) is 4.12. The van der Waals surface area contributed by atoms with E-state index < -0.39 is 0 Å². The summed E-state index contributed by atoms with van der Waals surface area (Å²) in [6.07, 6.45) is 4.76. The Bertz CT molecular complexity index is 500. The predicted molar refractivity (Wildman–Crippen MR) is 87.4 cm³/mol. The van der Waals surface area contributed by atoms with E-state index in [0.29, 0.717) is 23.0 Å². The Morgan fingerprint density at radius 1 is 1.45 bits per heavy atom. The zero-order chi connectivity index (χ0) is 15.9. The quantitative estimate of drug-likeness (QED) is 0.808. The maximum atomic E-state index is 11.9. The number of rotatable bonds is 7. The predicted octanol–water partition coefficient (Wildman–Crippen LogP) is 2.96. The van der Waals surface area contributed by atoms with Gasteiger partial charge in [0.05, 0.1) is 23.7 Å². The van der Waals surface area contributed by atoms with E-state index >= 15 is 0 Å². The van der Waals surface area contributed by atoms with Crippen LogP contribution in [0.25, 0.3) is 0 Å². The van der Waals surface area contributed by atoms with Gasteiger partial charge in [0.15, 0.2) is 0 Å². The molecule has 0 saturated heterocycles. The molecule has 1 unspecified atom stereocenters. The number of carbonyl (C=O) groups is 1. The highest BCUT2D eigenvalue weighted by atomic mass is 35.5. The summed E-state index contributed by atoms with van der Waals surface area (Å²) in [6, 6.07) is 5.29. The minimum absolute atomic E-state index is 0.155. The molecular weight excluding hydrogens is 304 g/mol. The van der Waals surface area contributed by atoms with Gasteiger partial charge < -0.3 is 20.5 Å². The first-order valence-electron chi connectivity index (χ1n) is 7.61. The lowest BCUT2D eigenvalue weighted by atomic mass is 10.2. The molecule has 0 aromatic heterocycles. The van der Waals surface area contributed by atoms with Crippen molar-refractivity contribution in [1.29, 1.82) is 0 Å². The second-order valence-electron chi connectivity index (χ2n) is 5.52. The van der Waals surface area contributed by atoms with E-state index in [0.717, 1.165) is 12.8 Å². The summed E-state index contributed by atoms with van der Waals surface area (Å²) in [5, 5.41) is 3.29. The van der Waals surface area contributed by atoms with Gasteiger partial charge >= 0.3 is 0 Å². The third kappa shape index (κ3) is 4.87. The number of hydrogen-bond acceptors (Lipinski definition) is 4. The number of nitrogens with one attached hydrogen (secondary N) is 1. The third-order valence-electron chi connectivity index (χ3n) is 3.82. The van der Waals surface area contributed by atoms with Crippen molar-refractivity contribution in [2.75, 3.05) is 19.0 Å². The van der Waals surface area contributed by atoms with Gasteiger partial charge in [0, 0.05) is 19.3 Å². The van der Waals surface area contributed by atoms with Crippen molar-refractivity contribution in [3.63, 3.8) is 0 Å². The molecule has 1 aromatic carbocycles. The molecule has 1 aliphatic carbocycles. The van der Waals surface area contributed by atoms with E-state index in [1.807, 2.05) is 0 Å². The summed E-state index contributed by atoms with van der Waals surface area (Å²) in [4.78, 5) is 11.9. The number of halogens is 1. The SMILES string of the molecule is COC(CN)CC(=O)Nc1ccc(OC2CCCC2)c(Cl)c1. The Hall–Kier alpha value is -1.30. The number of carbonyl (C=O) groups excluding carboxylic acids is 1. The fourth-order valence-electron chi connectivity index (χ4n) is 2.54. The van der Waals surface area contributed by atoms with Crippen molar-refractivity contribution in [3.8, 4) is 5.75 Å². The second kappa shape index (κ2) is 8.36. The smallest absolute Gasteiger partial charge is 0.227 e. The molecule has 0 heterocycles. The number of ether oxygens (including phenoxy) is 2. The molecule has 0 bridgehead atoms. The van der Waals surface area contributed by atoms with Crippen molar-refractivity contribution in [3.05, 3.63) is 23.2 Å². The summed E-state index contributed by atoms with van der Waals surface area (Å²) in [5.41, 5.74) is 6.14. The summed E-state index contributed by atoms with van der Waals surface area (Å²) < 4.78 is 11.0. The zero-order valence-electron chi connectivity index (χ0n) is 12.8. The minimum Gasteiger partial charge on any atom is -0.489 e. The van der Waals surface area contributed by atoms with Crippen LogP contribution < -0.4 is 15.8 Å². The maximum absolute atomic E-state index is 11.9. The van der Waals surface area contributed by atoms with Crippen molar-refractivity contribution in [2.45, 2.75) is 44.3 Å². The summed E-state index contributed by atoms with van der Waals surface area (Å²) >= 11 is 6.23. The highest BCUT2D eigenvalue weighted by Crippen LogP contribution is 2.31. The lowest BCUT2D eigenvalue weighted by Crippen LogP contribution is -2.28. The van der Waals surface area contributed by atoms with Gasteiger partial charge in [0.25, 0.3) is 0 Å². The number of hydrogen-bond donors (Lipinski definition) is 2. The lowest BCUT2D eigenvalue weighted by molar-refractivity contribution is -0.118. The summed E-state index contributed by atoms with van der Waals surface area (Å²) in [7, 11) is 1.54. The van der Waals surface area contributed by atoms with Crippen molar-refractivity contribution < 1.29 is 14.3 Å². The molecule has 122 valence electrons. The Kier molecular flexibility index (Phi) is 6.49. The molecule has 3 N–H and O–H groups in total. The number of benzene rings is 1. The Balaban J connectivity index is 1.92. The average Bonchev–Trinajstić information content (AvgIpc) is 3.00. The monoisotopic (exact) mass is 326 g/mol. The van der Waals surface area contributed by atoms with Crippen LogP contribution in [0.1, 0.15) is 32.1 Å². The van der Waals surface area contributed by atoms with Crippen LogP contribution >= 0.6 is 11.6 Å². The molecule has 6 heteroatoms. The molecule has 0 aliphatic heterocycles. The van der Waals surface area contributed by atoms with Crippen LogP contribution in [0.15, 0.2) is 18.2 Å². The Morgan fingerprint density at radius 3 is 2.77 bits per heavy atom. The number of nitrogens with two attached hydrogens (primary N) is 1. The zero-order valence-corrected chi connectivity index (χ0v) is 13.6. The number of anilines is 1. The Labute approximate surface area is 136 Å². The van der Waals surface area contributed by atoms with E-state index in [1.165, 1.54) is 20.0 Å². The maximum Gasteiger partial charge on any atom is 0.227 e. The van der Waals surface area contributed by atoms with Crippen LogP contribution in [0.3, 0.4) is 0 Å². The van der Waals surface area contributed by atoms with Gasteiger partial charge in [-0.2, -0.15) is 0 Å². The second-order valence-corrected chi connectivity index (χ2v) is 5.92. The molecule has 2 rings (SSSR count). The van der Waals surface area contributed by atoms with E-state index in [1.54, 1.807) is 18.2 Å². The highest BCUT2D eigenvalue weighted by molar-refractivity contribution is 6.32. The fraction of sp³-hybridized carbons (Fsp3) is 0.562. The van der Waals surface area contributed by atoms with Crippen molar-refractivity contribution in [1.82, 2.24) is 0 Å². The topological polar surface area (TPSA) is 73.6 Å². The van der Waals surface area contributed by atoms with E-state index in [9.17, 15) is 4.79 Å². The van der Waals surface area contributed by atoms with E-state index in [4.69, 9.17) is 26.8 Å². The molecule has 1 atom stereocenters. The first-order chi connectivity index (χ1) is 10.6. The van der Waals surface area contributed by atoms with Crippen LogP contribution in [-0.2, 0) is 9.53 Å². The van der Waals surface area contributed by atoms with Gasteiger partial charge in [0.1, 0.15) is 5.75 Å². The molecule has 1 aromatic rings. The molecule has 1 amide bonds. The lowest BCUT2D eigenvalue weighted by Gasteiger charge is -2.16. The molecule has 5 nitrogen and oxygen atoms in total. The van der Waals surface area contributed by atoms with Crippen LogP contribution in [0.4, 0.5) is 5.69 Å². The van der Waals surface area contributed by atoms with Crippen molar-refractivity contribution in [2.24, 2.45) is 5.73 Å². The highest BCUT2D eigenvalue weighted by Gasteiger charge is 2.18. The van der Waals surface area contributed by atoms with Gasteiger partial charge in [-0.3, -0.25) is 4.79 Å². The minimum atomic E-state index is -0.277. The fourth-order valence-corrected chi connectivity index (χ4v) is 2.77. The average molecular weight is 327 g/mol. The molecule has 0 radical (unpaired) electrons. The first-order valence-corrected chi connectivity index (χ1v) is 7.99. The molecule has 1 aliphatic rings.